The van der Waals surface area contributed by atoms with Crippen molar-refractivity contribution >= 4 is 11.3 Å². The van der Waals surface area contributed by atoms with Gasteiger partial charge in [0.1, 0.15) is 29.2 Å². The van der Waals surface area contributed by atoms with Gasteiger partial charge in [0, 0.05) is 12.3 Å². The van der Waals surface area contributed by atoms with Crippen LogP contribution in [-0.4, -0.2) is 52.6 Å². The number of fused-ring (bicyclic) bond motifs is 1. The number of nitrogens with zero attached hydrogens (tertiary/aromatic N) is 9. The van der Waals surface area contributed by atoms with Crippen LogP contribution in [0.25, 0.3) is 28.2 Å². The van der Waals surface area contributed by atoms with Crippen LogP contribution in [0.4, 0.5) is 5.82 Å². The molecule has 3 N–H and O–H groups in total. The number of aliphatic hydroxyl groups excluding tert-OH is 1. The van der Waals surface area contributed by atoms with Crippen LogP contribution in [0, 0.1) is 22.8 Å². The van der Waals surface area contributed by atoms with Crippen molar-refractivity contribution < 1.29 is 9.63 Å². The molecule has 5 rings (SSSR count). The van der Waals surface area contributed by atoms with E-state index >= 15 is 0 Å². The second-order valence-electron chi connectivity index (χ2n) is 7.36. The maximum atomic E-state index is 9.30. The van der Waals surface area contributed by atoms with Crippen molar-refractivity contribution in [3.63, 3.8) is 0 Å². The zero-order valence-electron chi connectivity index (χ0n) is 16.2. The molecule has 1 fully saturated rings. The molecule has 4 aromatic rings. The van der Waals surface area contributed by atoms with Gasteiger partial charge in [-0.1, -0.05) is 5.16 Å². The van der Waals surface area contributed by atoms with Crippen LogP contribution in [-0.2, 0) is 12.1 Å². The third-order valence-corrected chi connectivity index (χ3v) is 5.37. The standard InChI is InChI=1S/C19H16N10O2/c20-3-2-19(9-27(10-19)11-21)29-6-13(18(22)25-29)17-16-1-4-23-28(16)7-15(24-17)14-5-12(8-30)31-26-14/h1,4-7,30H,2,8-10H2,(H2,22,25). The molecule has 5 heterocycles. The van der Waals surface area contributed by atoms with Crippen molar-refractivity contribution in [3.8, 4) is 34.9 Å². The molecule has 1 aliphatic rings. The number of hydrogen-bond donors (Lipinski definition) is 2. The lowest BCUT2D eigenvalue weighted by molar-refractivity contribution is 0.0507. The maximum Gasteiger partial charge on any atom is 0.179 e. The molecule has 0 aromatic carbocycles. The van der Waals surface area contributed by atoms with Gasteiger partial charge >= 0.3 is 0 Å². The number of nitriles is 2. The first-order valence-electron chi connectivity index (χ1n) is 9.36. The van der Waals surface area contributed by atoms with Crippen LogP contribution in [0.15, 0.2) is 35.2 Å². The number of aliphatic hydroxyl groups is 1. The van der Waals surface area contributed by atoms with Gasteiger partial charge in [-0.15, -0.1) is 0 Å². The first-order valence-corrected chi connectivity index (χ1v) is 9.36. The Morgan fingerprint density at radius 2 is 2.10 bits per heavy atom. The van der Waals surface area contributed by atoms with Gasteiger partial charge in [-0.25, -0.2) is 9.50 Å². The summed E-state index contributed by atoms with van der Waals surface area (Å²) in [7, 11) is 0. The summed E-state index contributed by atoms with van der Waals surface area (Å²) >= 11 is 0. The van der Waals surface area contributed by atoms with Crippen molar-refractivity contribution in [2.45, 2.75) is 18.6 Å². The van der Waals surface area contributed by atoms with Gasteiger partial charge in [0.05, 0.1) is 49.1 Å². The van der Waals surface area contributed by atoms with E-state index in [0.717, 1.165) is 0 Å². The SMILES string of the molecule is N#CCC1(n2cc(-c3nc(-c4cc(CO)on4)cn4nccc34)c(N)n2)CN(C#N)C1. The highest BCUT2D eigenvalue weighted by molar-refractivity contribution is 5.83. The summed E-state index contributed by atoms with van der Waals surface area (Å²) in [5.74, 6) is 0.563. The number of likely N-dealkylation sites (tertiary alicyclic amines) is 1. The number of hydrogen-bond acceptors (Lipinski definition) is 10. The van der Waals surface area contributed by atoms with E-state index in [4.69, 9.17) is 20.5 Å². The molecule has 0 radical (unpaired) electrons. The molecule has 31 heavy (non-hydrogen) atoms. The summed E-state index contributed by atoms with van der Waals surface area (Å²) in [5.41, 5.74) is 8.38. The molecule has 0 bridgehead atoms. The lowest BCUT2D eigenvalue weighted by Gasteiger charge is -2.46. The molecular weight excluding hydrogens is 400 g/mol. The highest BCUT2D eigenvalue weighted by Crippen LogP contribution is 2.36. The van der Waals surface area contributed by atoms with Crippen LogP contribution in [0.1, 0.15) is 12.2 Å². The third kappa shape index (κ3) is 2.86. The fourth-order valence-electron chi connectivity index (χ4n) is 3.79. The summed E-state index contributed by atoms with van der Waals surface area (Å²) < 4.78 is 8.39. The van der Waals surface area contributed by atoms with Crippen LogP contribution in [0.5, 0.6) is 0 Å². The summed E-state index contributed by atoms with van der Waals surface area (Å²) in [5, 5.41) is 40.4. The molecule has 0 atom stereocenters. The third-order valence-electron chi connectivity index (χ3n) is 5.37. The molecule has 12 nitrogen and oxygen atoms in total. The van der Waals surface area contributed by atoms with Gasteiger partial charge in [0.15, 0.2) is 17.8 Å². The van der Waals surface area contributed by atoms with Crippen LogP contribution < -0.4 is 5.73 Å². The highest BCUT2D eigenvalue weighted by Gasteiger charge is 2.46. The Morgan fingerprint density at radius 1 is 1.26 bits per heavy atom. The molecule has 0 unspecified atom stereocenters. The Morgan fingerprint density at radius 3 is 2.81 bits per heavy atom. The monoisotopic (exact) mass is 416 g/mol. The molecular formula is C19H16N10O2. The van der Waals surface area contributed by atoms with Crippen molar-refractivity contribution in [2.75, 3.05) is 18.8 Å². The number of aromatic nitrogens is 6. The molecule has 1 saturated heterocycles. The van der Waals surface area contributed by atoms with Gasteiger partial charge < -0.3 is 20.3 Å². The maximum absolute atomic E-state index is 9.30. The van der Waals surface area contributed by atoms with E-state index in [9.17, 15) is 10.4 Å². The molecule has 0 spiro atoms. The van der Waals surface area contributed by atoms with E-state index in [0.29, 0.717) is 47.0 Å². The Labute approximate surface area is 175 Å². The Hall–Kier alpha value is -4.42. The number of rotatable bonds is 5. The van der Waals surface area contributed by atoms with E-state index in [1.807, 2.05) is 0 Å². The van der Waals surface area contributed by atoms with E-state index in [-0.39, 0.29) is 18.8 Å². The van der Waals surface area contributed by atoms with Gasteiger partial charge in [-0.3, -0.25) is 4.68 Å². The summed E-state index contributed by atoms with van der Waals surface area (Å²) in [6, 6.07) is 5.58. The Bertz CT molecular complexity index is 1360. The normalized spacial score (nSPS) is 14.9. The topological polar surface area (TPSA) is 171 Å². The zero-order chi connectivity index (χ0) is 21.6. The van der Waals surface area contributed by atoms with Gasteiger partial charge in [-0.2, -0.15) is 20.7 Å². The minimum atomic E-state index is -0.618. The summed E-state index contributed by atoms with van der Waals surface area (Å²) in [6.07, 6.45) is 7.38. The fraction of sp³-hybridized carbons (Fsp3) is 0.263. The molecule has 0 aliphatic carbocycles. The first-order chi connectivity index (χ1) is 15.1. The van der Waals surface area contributed by atoms with Crippen LogP contribution in [0.3, 0.4) is 0 Å². The van der Waals surface area contributed by atoms with Gasteiger partial charge in [0.25, 0.3) is 0 Å². The minimum Gasteiger partial charge on any atom is -0.388 e. The van der Waals surface area contributed by atoms with Crippen LogP contribution in [0.2, 0.25) is 0 Å². The molecule has 154 valence electrons. The van der Waals surface area contributed by atoms with E-state index < -0.39 is 5.54 Å². The molecule has 0 saturated carbocycles. The summed E-state index contributed by atoms with van der Waals surface area (Å²) in [4.78, 5) is 6.27. The fourth-order valence-corrected chi connectivity index (χ4v) is 3.79. The van der Waals surface area contributed by atoms with Gasteiger partial charge in [-0.05, 0) is 6.07 Å². The molecule has 0 amide bonds. The average Bonchev–Trinajstić information content (AvgIpc) is 3.48. The van der Waals surface area contributed by atoms with E-state index in [1.54, 1.807) is 44.8 Å². The van der Waals surface area contributed by atoms with Crippen molar-refractivity contribution in [3.05, 3.63) is 36.5 Å². The Balaban J connectivity index is 1.62. The number of anilines is 1. The predicted molar refractivity (Wildman–Crippen MR) is 105 cm³/mol. The minimum absolute atomic E-state index is 0.199. The number of nitrogens with two attached hydrogens (primary N) is 1. The quantitative estimate of drug-likeness (QED) is 0.442. The van der Waals surface area contributed by atoms with Crippen molar-refractivity contribution in [2.24, 2.45) is 0 Å². The van der Waals surface area contributed by atoms with Crippen LogP contribution >= 0.6 is 0 Å². The summed E-state index contributed by atoms with van der Waals surface area (Å²) in [6.45, 7) is 0.496. The molecule has 12 heteroatoms. The average molecular weight is 416 g/mol. The largest absolute Gasteiger partial charge is 0.388 e. The van der Waals surface area contributed by atoms with E-state index in [2.05, 4.69) is 27.6 Å². The molecule has 4 aromatic heterocycles. The zero-order valence-corrected chi connectivity index (χ0v) is 16.2. The first kappa shape index (κ1) is 18.6. The lowest BCUT2D eigenvalue weighted by atomic mass is 9.87. The number of nitrogen functional groups attached to an aromatic ring is 1. The van der Waals surface area contributed by atoms with Crippen molar-refractivity contribution in [1.82, 2.24) is 34.4 Å². The highest BCUT2D eigenvalue weighted by atomic mass is 16.5. The van der Waals surface area contributed by atoms with Crippen molar-refractivity contribution in [1.29, 1.82) is 10.5 Å². The smallest absolute Gasteiger partial charge is 0.179 e. The van der Waals surface area contributed by atoms with E-state index in [1.165, 1.54) is 0 Å². The second kappa shape index (κ2) is 6.83. The molecule has 1 aliphatic heterocycles. The van der Waals surface area contributed by atoms with Gasteiger partial charge in [0.2, 0.25) is 0 Å². The lowest BCUT2D eigenvalue weighted by Crippen LogP contribution is -2.60. The predicted octanol–water partition coefficient (Wildman–Crippen LogP) is 0.728. The Kier molecular flexibility index (Phi) is 4.10. The second-order valence-corrected chi connectivity index (χ2v) is 7.36.